The summed E-state index contributed by atoms with van der Waals surface area (Å²) in [6.07, 6.45) is 1.04. The number of morpholine rings is 1. The molecule has 0 saturated carbocycles. The fourth-order valence-corrected chi connectivity index (χ4v) is 2.28. The van der Waals surface area contributed by atoms with Gasteiger partial charge in [0, 0.05) is 12.1 Å². The molecule has 4 heteroatoms. The molecule has 94 valence electrons. The van der Waals surface area contributed by atoms with Crippen molar-refractivity contribution in [2.75, 3.05) is 13.2 Å². The molecule has 1 N–H and O–H groups in total. The molecule has 1 heterocycles. The maximum atomic E-state index is 13.1. The Morgan fingerprint density at radius 3 is 2.88 bits per heavy atom. The van der Waals surface area contributed by atoms with Crippen LogP contribution < -0.4 is 5.32 Å². The van der Waals surface area contributed by atoms with Gasteiger partial charge in [0.05, 0.1) is 17.2 Å². The Bertz CT molecular complexity index is 402. The quantitative estimate of drug-likeness (QED) is 0.904. The minimum absolute atomic E-state index is 0.00604. The number of benzene rings is 1. The molecule has 1 aliphatic heterocycles. The van der Waals surface area contributed by atoms with Gasteiger partial charge in [-0.3, -0.25) is 0 Å². The number of halogens is 2. The number of hydrogen-bond donors (Lipinski definition) is 1. The highest BCUT2D eigenvalue weighted by atomic mass is 79.9. The molecule has 17 heavy (non-hydrogen) atoms. The molecular formula is C13H17BrFNO. The molecule has 0 aromatic heterocycles. The summed E-state index contributed by atoms with van der Waals surface area (Å²) < 4.78 is 19.5. The highest BCUT2D eigenvalue weighted by Crippen LogP contribution is 2.27. The topological polar surface area (TPSA) is 21.3 Å². The van der Waals surface area contributed by atoms with Gasteiger partial charge in [-0.05, 0) is 47.0 Å². The Hall–Kier alpha value is -0.450. The summed E-state index contributed by atoms with van der Waals surface area (Å²) in [5.41, 5.74) is 1.07. The van der Waals surface area contributed by atoms with Crippen molar-refractivity contribution in [3.8, 4) is 0 Å². The van der Waals surface area contributed by atoms with E-state index in [4.69, 9.17) is 4.74 Å². The Labute approximate surface area is 110 Å². The summed E-state index contributed by atoms with van der Waals surface area (Å²) in [5, 5.41) is 3.49. The smallest absolute Gasteiger partial charge is 0.137 e. The Morgan fingerprint density at radius 2 is 2.35 bits per heavy atom. The first-order chi connectivity index (χ1) is 8.04. The van der Waals surface area contributed by atoms with Crippen LogP contribution in [0.15, 0.2) is 22.7 Å². The van der Waals surface area contributed by atoms with E-state index >= 15 is 0 Å². The summed E-state index contributed by atoms with van der Waals surface area (Å²) in [4.78, 5) is 0. The van der Waals surface area contributed by atoms with Gasteiger partial charge in [0.2, 0.25) is 0 Å². The SMILES string of the molecule is CCC1(C)COC(c2ccc(F)c(Br)c2)CN1. The second-order valence-corrected chi connectivity index (χ2v) is 5.62. The van der Waals surface area contributed by atoms with E-state index in [9.17, 15) is 4.39 Å². The molecule has 2 atom stereocenters. The van der Waals surface area contributed by atoms with Crippen LogP contribution in [-0.2, 0) is 4.74 Å². The summed E-state index contributed by atoms with van der Waals surface area (Å²) in [6, 6.07) is 5.04. The van der Waals surface area contributed by atoms with Crippen molar-refractivity contribution in [2.45, 2.75) is 31.9 Å². The number of ether oxygens (including phenoxy) is 1. The molecule has 0 aliphatic carbocycles. The van der Waals surface area contributed by atoms with Gasteiger partial charge in [0.1, 0.15) is 5.82 Å². The summed E-state index contributed by atoms with van der Waals surface area (Å²) in [6.45, 7) is 5.75. The molecule has 1 saturated heterocycles. The molecule has 0 bridgehead atoms. The lowest BCUT2D eigenvalue weighted by Crippen LogP contribution is -2.52. The average Bonchev–Trinajstić information content (AvgIpc) is 2.34. The van der Waals surface area contributed by atoms with Gasteiger partial charge in [-0.1, -0.05) is 13.0 Å². The van der Waals surface area contributed by atoms with Crippen molar-refractivity contribution in [2.24, 2.45) is 0 Å². The zero-order chi connectivity index (χ0) is 12.5. The normalized spacial score (nSPS) is 29.3. The molecule has 0 radical (unpaired) electrons. The Kier molecular flexibility index (Phi) is 3.85. The maximum absolute atomic E-state index is 13.1. The second-order valence-electron chi connectivity index (χ2n) is 4.77. The lowest BCUT2D eigenvalue weighted by atomic mass is 9.96. The van der Waals surface area contributed by atoms with Crippen LogP contribution >= 0.6 is 15.9 Å². The maximum Gasteiger partial charge on any atom is 0.137 e. The molecule has 2 rings (SSSR count). The lowest BCUT2D eigenvalue weighted by molar-refractivity contribution is -0.0299. The zero-order valence-electron chi connectivity index (χ0n) is 10.1. The van der Waals surface area contributed by atoms with Crippen molar-refractivity contribution >= 4 is 15.9 Å². The highest BCUT2D eigenvalue weighted by molar-refractivity contribution is 9.10. The van der Waals surface area contributed by atoms with E-state index < -0.39 is 0 Å². The molecule has 2 nitrogen and oxygen atoms in total. The van der Waals surface area contributed by atoms with Crippen LogP contribution in [0.1, 0.15) is 31.9 Å². The average molecular weight is 302 g/mol. The Morgan fingerprint density at radius 1 is 1.59 bits per heavy atom. The van der Waals surface area contributed by atoms with Gasteiger partial charge >= 0.3 is 0 Å². The molecular weight excluding hydrogens is 285 g/mol. The van der Waals surface area contributed by atoms with Gasteiger partial charge in [-0.15, -0.1) is 0 Å². The molecule has 1 fully saturated rings. The molecule has 0 spiro atoms. The molecule has 1 aliphatic rings. The standard InChI is InChI=1S/C13H17BrFNO/c1-3-13(2)8-17-12(7-16-13)9-4-5-11(15)10(14)6-9/h4-6,12,16H,3,7-8H2,1-2H3. The fourth-order valence-electron chi connectivity index (χ4n) is 1.89. The summed E-state index contributed by atoms with van der Waals surface area (Å²) in [7, 11) is 0. The molecule has 0 amide bonds. The van der Waals surface area contributed by atoms with E-state index in [2.05, 4.69) is 35.1 Å². The third-order valence-corrected chi connectivity index (χ3v) is 4.02. The van der Waals surface area contributed by atoms with Crippen molar-refractivity contribution in [3.05, 3.63) is 34.1 Å². The van der Waals surface area contributed by atoms with Crippen LogP contribution in [0.2, 0.25) is 0 Å². The summed E-state index contributed by atoms with van der Waals surface area (Å²) >= 11 is 3.20. The van der Waals surface area contributed by atoms with E-state index in [-0.39, 0.29) is 17.5 Å². The van der Waals surface area contributed by atoms with Gasteiger partial charge in [-0.2, -0.15) is 0 Å². The first-order valence-corrected chi connectivity index (χ1v) is 6.65. The van der Waals surface area contributed by atoms with Gasteiger partial charge < -0.3 is 10.1 Å². The first kappa shape index (κ1) is 13.0. The van der Waals surface area contributed by atoms with Crippen LogP contribution in [0.3, 0.4) is 0 Å². The lowest BCUT2D eigenvalue weighted by Gasteiger charge is -2.38. The van der Waals surface area contributed by atoms with Crippen molar-refractivity contribution in [3.63, 3.8) is 0 Å². The fraction of sp³-hybridized carbons (Fsp3) is 0.538. The van der Waals surface area contributed by atoms with E-state index in [0.29, 0.717) is 11.1 Å². The number of nitrogens with one attached hydrogen (secondary N) is 1. The number of rotatable bonds is 2. The van der Waals surface area contributed by atoms with Gasteiger partial charge in [0.25, 0.3) is 0 Å². The van der Waals surface area contributed by atoms with Crippen molar-refractivity contribution in [1.29, 1.82) is 0 Å². The predicted octanol–water partition coefficient (Wildman–Crippen LogP) is 3.42. The van der Waals surface area contributed by atoms with Crippen LogP contribution in [-0.4, -0.2) is 18.7 Å². The van der Waals surface area contributed by atoms with Crippen molar-refractivity contribution in [1.82, 2.24) is 5.32 Å². The molecule has 1 aromatic carbocycles. The van der Waals surface area contributed by atoms with Crippen LogP contribution in [0.4, 0.5) is 4.39 Å². The molecule has 1 aromatic rings. The summed E-state index contributed by atoms with van der Waals surface area (Å²) in [5.74, 6) is -0.240. The Balaban J connectivity index is 2.08. The van der Waals surface area contributed by atoms with E-state index in [0.717, 1.165) is 18.5 Å². The largest absolute Gasteiger partial charge is 0.370 e. The number of hydrogen-bond acceptors (Lipinski definition) is 2. The van der Waals surface area contributed by atoms with E-state index in [1.165, 1.54) is 6.07 Å². The van der Waals surface area contributed by atoms with Crippen molar-refractivity contribution < 1.29 is 9.13 Å². The van der Waals surface area contributed by atoms with Crippen LogP contribution in [0.25, 0.3) is 0 Å². The highest BCUT2D eigenvalue weighted by Gasteiger charge is 2.30. The van der Waals surface area contributed by atoms with Crippen LogP contribution in [0.5, 0.6) is 0 Å². The third kappa shape index (κ3) is 2.87. The minimum atomic E-state index is -0.240. The third-order valence-electron chi connectivity index (χ3n) is 3.41. The monoisotopic (exact) mass is 301 g/mol. The van der Waals surface area contributed by atoms with Crippen LogP contribution in [0, 0.1) is 5.82 Å². The zero-order valence-corrected chi connectivity index (χ0v) is 11.7. The van der Waals surface area contributed by atoms with Gasteiger partial charge in [-0.25, -0.2) is 4.39 Å². The van der Waals surface area contributed by atoms with E-state index in [1.54, 1.807) is 12.1 Å². The van der Waals surface area contributed by atoms with E-state index in [1.807, 2.05) is 0 Å². The second kappa shape index (κ2) is 5.04. The van der Waals surface area contributed by atoms with Gasteiger partial charge in [0.15, 0.2) is 0 Å². The predicted molar refractivity (Wildman–Crippen MR) is 69.5 cm³/mol. The molecule has 2 unspecified atom stereocenters. The minimum Gasteiger partial charge on any atom is -0.370 e. The first-order valence-electron chi connectivity index (χ1n) is 5.86.